The second-order valence-corrected chi connectivity index (χ2v) is 6.78. The van der Waals surface area contributed by atoms with E-state index in [9.17, 15) is 18.0 Å². The molecular formula is C20H18F3N5O2. The first-order valence-corrected chi connectivity index (χ1v) is 9.13. The second-order valence-electron chi connectivity index (χ2n) is 6.78. The van der Waals surface area contributed by atoms with E-state index in [-0.39, 0.29) is 17.8 Å². The first-order chi connectivity index (χ1) is 14.4. The molecule has 2 N–H and O–H groups in total. The number of pyridine rings is 1. The number of anilines is 2. The number of amides is 1. The zero-order chi connectivity index (χ0) is 21.3. The molecule has 0 saturated carbocycles. The predicted molar refractivity (Wildman–Crippen MR) is 103 cm³/mol. The van der Waals surface area contributed by atoms with Crippen molar-refractivity contribution >= 4 is 17.4 Å². The first kappa shape index (κ1) is 19.7. The Balaban J connectivity index is 1.72. The summed E-state index contributed by atoms with van der Waals surface area (Å²) < 4.78 is 47.6. The minimum atomic E-state index is -4.54. The number of nitrogens with zero attached hydrogens (tertiary/aromatic N) is 3. The summed E-state index contributed by atoms with van der Waals surface area (Å²) in [5.41, 5.74) is 1.000. The molecule has 0 bridgehead atoms. The SMILES string of the molecule is COc1ccccc1[C@@H]1C[C@H](C(F)(F)F)n2ncc(C(=O)Nc3cccnc3)c2N1. The van der Waals surface area contributed by atoms with Gasteiger partial charge in [0.25, 0.3) is 5.91 Å². The topological polar surface area (TPSA) is 81.1 Å². The molecular weight excluding hydrogens is 399 g/mol. The summed E-state index contributed by atoms with van der Waals surface area (Å²) in [6.07, 6.45) is -0.706. The highest BCUT2D eigenvalue weighted by molar-refractivity contribution is 6.07. The molecule has 10 heteroatoms. The maximum Gasteiger partial charge on any atom is 0.410 e. The summed E-state index contributed by atoms with van der Waals surface area (Å²) in [6.45, 7) is 0. The van der Waals surface area contributed by atoms with Crippen LogP contribution in [-0.2, 0) is 0 Å². The second kappa shape index (κ2) is 7.69. The summed E-state index contributed by atoms with van der Waals surface area (Å²) >= 11 is 0. The van der Waals surface area contributed by atoms with Gasteiger partial charge in [-0.15, -0.1) is 0 Å². The van der Waals surface area contributed by atoms with Crippen LogP contribution in [0, 0.1) is 0 Å². The number of para-hydroxylation sites is 1. The van der Waals surface area contributed by atoms with Crippen LogP contribution in [0.1, 0.15) is 34.4 Å². The molecule has 0 fully saturated rings. The maximum atomic E-state index is 13.8. The fourth-order valence-corrected chi connectivity index (χ4v) is 3.52. The Bertz CT molecular complexity index is 1050. The lowest BCUT2D eigenvalue weighted by Gasteiger charge is -2.34. The van der Waals surface area contributed by atoms with Crippen molar-refractivity contribution in [3.63, 3.8) is 0 Å². The third kappa shape index (κ3) is 3.68. The van der Waals surface area contributed by atoms with Crippen LogP contribution in [0.15, 0.2) is 55.0 Å². The molecule has 1 amide bonds. The number of alkyl halides is 3. The van der Waals surface area contributed by atoms with Crippen LogP contribution >= 0.6 is 0 Å². The van der Waals surface area contributed by atoms with Crippen LogP contribution < -0.4 is 15.4 Å². The average Bonchev–Trinajstić information content (AvgIpc) is 3.17. The Hall–Kier alpha value is -3.56. The highest BCUT2D eigenvalue weighted by atomic mass is 19.4. The molecule has 1 aromatic carbocycles. The number of nitrogens with one attached hydrogen (secondary N) is 2. The predicted octanol–water partition coefficient (Wildman–Crippen LogP) is 4.20. The van der Waals surface area contributed by atoms with Gasteiger partial charge in [0.2, 0.25) is 0 Å². The lowest BCUT2D eigenvalue weighted by atomic mass is 9.95. The van der Waals surface area contributed by atoms with E-state index in [0.717, 1.165) is 10.9 Å². The van der Waals surface area contributed by atoms with Crippen molar-refractivity contribution in [2.24, 2.45) is 0 Å². The number of aromatic nitrogens is 3. The molecule has 0 aliphatic carbocycles. The van der Waals surface area contributed by atoms with Gasteiger partial charge in [0.15, 0.2) is 6.04 Å². The molecule has 2 atom stereocenters. The van der Waals surface area contributed by atoms with Gasteiger partial charge in [0.1, 0.15) is 17.1 Å². The smallest absolute Gasteiger partial charge is 0.410 e. The number of carbonyl (C=O) groups excluding carboxylic acids is 1. The van der Waals surface area contributed by atoms with E-state index in [2.05, 4.69) is 20.7 Å². The summed E-state index contributed by atoms with van der Waals surface area (Å²) in [5, 5.41) is 9.54. The van der Waals surface area contributed by atoms with Crippen LogP contribution in [0.5, 0.6) is 5.75 Å². The molecule has 3 aromatic rings. The number of hydrogen-bond donors (Lipinski definition) is 2. The molecule has 2 aromatic heterocycles. The number of ether oxygens (including phenoxy) is 1. The van der Waals surface area contributed by atoms with E-state index in [1.807, 2.05) is 0 Å². The number of rotatable bonds is 4. The highest BCUT2D eigenvalue weighted by Gasteiger charge is 2.47. The Kier molecular flexibility index (Phi) is 5.06. The van der Waals surface area contributed by atoms with Crippen LogP contribution in [0.3, 0.4) is 0 Å². The summed E-state index contributed by atoms with van der Waals surface area (Å²) in [7, 11) is 1.46. The zero-order valence-corrected chi connectivity index (χ0v) is 15.8. The molecule has 0 spiro atoms. The molecule has 4 rings (SSSR count). The van der Waals surface area contributed by atoms with E-state index in [1.165, 1.54) is 13.3 Å². The molecule has 1 aliphatic heterocycles. The monoisotopic (exact) mass is 417 g/mol. The summed E-state index contributed by atoms with van der Waals surface area (Å²) in [6, 6.07) is 7.51. The molecule has 0 saturated heterocycles. The maximum absolute atomic E-state index is 13.8. The molecule has 30 heavy (non-hydrogen) atoms. The fourth-order valence-electron chi connectivity index (χ4n) is 3.52. The fraction of sp³-hybridized carbons (Fsp3) is 0.250. The summed E-state index contributed by atoms with van der Waals surface area (Å²) in [5.74, 6) is -0.121. The van der Waals surface area contributed by atoms with Crippen molar-refractivity contribution in [1.82, 2.24) is 14.8 Å². The molecule has 1 aliphatic rings. The van der Waals surface area contributed by atoms with E-state index >= 15 is 0 Å². The first-order valence-electron chi connectivity index (χ1n) is 9.13. The van der Waals surface area contributed by atoms with Crippen molar-refractivity contribution in [2.45, 2.75) is 24.7 Å². The quantitative estimate of drug-likeness (QED) is 0.665. The van der Waals surface area contributed by atoms with E-state index < -0.39 is 24.2 Å². The lowest BCUT2D eigenvalue weighted by molar-refractivity contribution is -0.173. The van der Waals surface area contributed by atoms with Crippen LogP contribution in [0.2, 0.25) is 0 Å². The number of hydrogen-bond acceptors (Lipinski definition) is 5. The normalized spacial score (nSPS) is 18.3. The van der Waals surface area contributed by atoms with Crippen molar-refractivity contribution in [2.75, 3.05) is 17.7 Å². The van der Waals surface area contributed by atoms with Crippen molar-refractivity contribution in [3.05, 3.63) is 66.1 Å². The van der Waals surface area contributed by atoms with Crippen molar-refractivity contribution in [1.29, 1.82) is 0 Å². The van der Waals surface area contributed by atoms with Crippen LogP contribution in [0.4, 0.5) is 24.7 Å². The minimum absolute atomic E-state index is 0.000807. The third-order valence-corrected chi connectivity index (χ3v) is 4.92. The number of halogens is 3. The minimum Gasteiger partial charge on any atom is -0.496 e. The number of benzene rings is 1. The number of carbonyl (C=O) groups is 1. The van der Waals surface area contributed by atoms with Gasteiger partial charge in [-0.2, -0.15) is 18.3 Å². The van der Waals surface area contributed by atoms with Crippen LogP contribution in [0.25, 0.3) is 0 Å². The van der Waals surface area contributed by atoms with Gasteiger partial charge in [0.05, 0.1) is 31.2 Å². The van der Waals surface area contributed by atoms with Gasteiger partial charge < -0.3 is 15.4 Å². The molecule has 0 radical (unpaired) electrons. The van der Waals surface area contributed by atoms with E-state index in [0.29, 0.717) is 17.0 Å². The van der Waals surface area contributed by atoms with Gasteiger partial charge >= 0.3 is 6.18 Å². The van der Waals surface area contributed by atoms with E-state index in [1.54, 1.807) is 42.6 Å². The van der Waals surface area contributed by atoms with Crippen molar-refractivity contribution in [3.8, 4) is 5.75 Å². The Morgan fingerprint density at radius 3 is 2.73 bits per heavy atom. The zero-order valence-electron chi connectivity index (χ0n) is 15.8. The highest BCUT2D eigenvalue weighted by Crippen LogP contribution is 2.45. The van der Waals surface area contributed by atoms with Gasteiger partial charge in [-0.05, 0) is 18.2 Å². The van der Waals surface area contributed by atoms with Gasteiger partial charge in [-0.1, -0.05) is 18.2 Å². The van der Waals surface area contributed by atoms with Crippen molar-refractivity contribution < 1.29 is 22.7 Å². The van der Waals surface area contributed by atoms with Gasteiger partial charge in [-0.25, -0.2) is 4.68 Å². The molecule has 156 valence electrons. The van der Waals surface area contributed by atoms with E-state index in [4.69, 9.17) is 4.74 Å². The Labute approximate surface area is 169 Å². The Morgan fingerprint density at radius 1 is 1.23 bits per heavy atom. The molecule has 7 nitrogen and oxygen atoms in total. The molecule has 0 unspecified atom stereocenters. The standard InChI is InChI=1S/C20H18F3N5O2/c1-30-16-7-3-2-6-13(16)15-9-17(20(21,22)23)28-18(27-15)14(11-25-28)19(29)26-12-5-4-8-24-10-12/h2-8,10-11,15,17,27H,9H2,1H3,(H,26,29)/t15-,17+/m0/s1. The lowest BCUT2D eigenvalue weighted by Crippen LogP contribution is -2.36. The number of fused-ring (bicyclic) bond motifs is 1. The van der Waals surface area contributed by atoms with Gasteiger partial charge in [0, 0.05) is 18.2 Å². The largest absolute Gasteiger partial charge is 0.496 e. The van der Waals surface area contributed by atoms with Gasteiger partial charge in [-0.3, -0.25) is 9.78 Å². The number of methoxy groups -OCH3 is 1. The van der Waals surface area contributed by atoms with Crippen LogP contribution in [-0.4, -0.2) is 34.0 Å². The Morgan fingerprint density at radius 2 is 2.03 bits per heavy atom. The summed E-state index contributed by atoms with van der Waals surface area (Å²) in [4.78, 5) is 16.6. The average molecular weight is 417 g/mol. The third-order valence-electron chi connectivity index (χ3n) is 4.92. The molecule has 3 heterocycles.